The lowest BCUT2D eigenvalue weighted by Gasteiger charge is -2.07. The number of hydrogen-bond donors (Lipinski definition) is 1. The molecule has 3 aromatic rings. The summed E-state index contributed by atoms with van der Waals surface area (Å²) in [7, 11) is 0. The maximum atomic E-state index is 9.06. The Morgan fingerprint density at radius 2 is 2.10 bits per heavy atom. The average molecular weight is 328 g/mol. The fraction of sp³-hybridized carbons (Fsp3) is 0.0714. The number of imidazole rings is 1. The molecule has 2 heterocycles. The fourth-order valence-corrected chi connectivity index (χ4v) is 2.27. The Kier molecular flexibility index (Phi) is 3.35. The normalized spacial score (nSPS) is 10.4. The molecule has 0 unspecified atom stereocenters. The van der Waals surface area contributed by atoms with E-state index in [9.17, 15) is 0 Å². The van der Waals surface area contributed by atoms with Crippen LogP contribution in [0.3, 0.4) is 0 Å². The van der Waals surface area contributed by atoms with E-state index in [1.54, 1.807) is 18.5 Å². The highest BCUT2D eigenvalue weighted by Gasteiger charge is 2.05. The second kappa shape index (κ2) is 5.31. The van der Waals surface area contributed by atoms with Crippen molar-refractivity contribution in [3.63, 3.8) is 0 Å². The van der Waals surface area contributed by atoms with Crippen LogP contribution in [0.15, 0.2) is 47.5 Å². The van der Waals surface area contributed by atoms with E-state index >= 15 is 0 Å². The van der Waals surface area contributed by atoms with Crippen LogP contribution in [0.5, 0.6) is 0 Å². The second-order valence-electron chi connectivity index (χ2n) is 4.20. The molecular formula is C14H10BrN5. The third-order valence-corrected chi connectivity index (χ3v) is 3.36. The van der Waals surface area contributed by atoms with Gasteiger partial charge in [-0.15, -0.1) is 0 Å². The number of anilines is 1. The van der Waals surface area contributed by atoms with E-state index in [4.69, 9.17) is 5.26 Å². The number of rotatable bonds is 3. The van der Waals surface area contributed by atoms with E-state index in [1.807, 2.05) is 28.8 Å². The van der Waals surface area contributed by atoms with Crippen molar-refractivity contribution in [2.45, 2.75) is 6.54 Å². The predicted molar refractivity (Wildman–Crippen MR) is 79.2 cm³/mol. The van der Waals surface area contributed by atoms with Crippen LogP contribution in [0.2, 0.25) is 0 Å². The van der Waals surface area contributed by atoms with E-state index < -0.39 is 0 Å². The minimum atomic E-state index is 0.580. The van der Waals surface area contributed by atoms with Gasteiger partial charge in [0.2, 0.25) is 0 Å². The largest absolute Gasteiger partial charge is 0.378 e. The van der Waals surface area contributed by atoms with Crippen LogP contribution in [0.4, 0.5) is 5.69 Å². The van der Waals surface area contributed by atoms with Crippen molar-refractivity contribution in [1.82, 2.24) is 14.4 Å². The molecular weight excluding hydrogens is 318 g/mol. The fourth-order valence-electron chi connectivity index (χ4n) is 1.97. The summed E-state index contributed by atoms with van der Waals surface area (Å²) in [5, 5.41) is 12.3. The molecule has 1 N–H and O–H groups in total. The molecule has 0 bridgehead atoms. The van der Waals surface area contributed by atoms with Gasteiger partial charge in [-0.2, -0.15) is 5.26 Å². The van der Waals surface area contributed by atoms with Gasteiger partial charge in [0, 0.05) is 6.20 Å². The highest BCUT2D eigenvalue weighted by atomic mass is 79.9. The number of nitrogens with one attached hydrogen (secondary N) is 1. The summed E-state index contributed by atoms with van der Waals surface area (Å²) in [5.41, 5.74) is 3.23. The summed E-state index contributed by atoms with van der Waals surface area (Å²) in [6.45, 7) is 0.580. The smallest absolute Gasteiger partial charge is 0.155 e. The molecule has 0 fully saturated rings. The van der Waals surface area contributed by atoms with Crippen LogP contribution in [0.25, 0.3) is 5.65 Å². The average Bonchev–Trinajstić information content (AvgIpc) is 2.87. The van der Waals surface area contributed by atoms with Crippen molar-refractivity contribution in [2.75, 3.05) is 5.32 Å². The first-order chi connectivity index (χ1) is 9.78. The number of aromatic nitrogens is 3. The van der Waals surface area contributed by atoms with Gasteiger partial charge in [0.25, 0.3) is 0 Å². The SMILES string of the molecule is N#Cc1ccccc1NCc1cnc2cnc(Br)cn12. The molecule has 0 aliphatic heterocycles. The predicted octanol–water partition coefficient (Wildman–Crippen LogP) is 2.98. The summed E-state index contributed by atoms with van der Waals surface area (Å²) in [4.78, 5) is 8.43. The zero-order valence-corrected chi connectivity index (χ0v) is 12.0. The van der Waals surface area contributed by atoms with Crippen molar-refractivity contribution in [1.29, 1.82) is 5.26 Å². The molecule has 1 aromatic carbocycles. The van der Waals surface area contributed by atoms with Crippen molar-refractivity contribution in [3.8, 4) is 6.07 Å². The first-order valence-electron chi connectivity index (χ1n) is 5.98. The Balaban J connectivity index is 1.87. The highest BCUT2D eigenvalue weighted by Crippen LogP contribution is 2.16. The van der Waals surface area contributed by atoms with Crippen LogP contribution in [-0.4, -0.2) is 14.4 Å². The zero-order valence-electron chi connectivity index (χ0n) is 10.4. The van der Waals surface area contributed by atoms with Crippen LogP contribution in [0.1, 0.15) is 11.3 Å². The first-order valence-corrected chi connectivity index (χ1v) is 6.78. The number of para-hydroxylation sites is 1. The minimum absolute atomic E-state index is 0.580. The molecule has 2 aromatic heterocycles. The molecule has 0 amide bonds. The molecule has 3 rings (SSSR count). The quantitative estimate of drug-likeness (QED) is 0.803. The number of nitriles is 1. The summed E-state index contributed by atoms with van der Waals surface area (Å²) < 4.78 is 2.71. The standard InChI is InChI=1S/C14H10BrN5/c15-13-9-20-11(7-19-14(20)8-18-13)6-17-12-4-2-1-3-10(12)5-16/h1-4,7-9,17H,6H2. The molecule has 20 heavy (non-hydrogen) atoms. The lowest BCUT2D eigenvalue weighted by molar-refractivity contribution is 0.983. The molecule has 0 atom stereocenters. The van der Waals surface area contributed by atoms with Crippen LogP contribution in [-0.2, 0) is 6.54 Å². The Labute approximate surface area is 124 Å². The van der Waals surface area contributed by atoms with Gasteiger partial charge in [0.15, 0.2) is 5.65 Å². The van der Waals surface area contributed by atoms with E-state index in [1.165, 1.54) is 0 Å². The van der Waals surface area contributed by atoms with Crippen molar-refractivity contribution < 1.29 is 0 Å². The number of halogens is 1. The van der Waals surface area contributed by atoms with E-state index in [-0.39, 0.29) is 0 Å². The molecule has 0 aliphatic rings. The van der Waals surface area contributed by atoms with Crippen LogP contribution >= 0.6 is 15.9 Å². The summed E-state index contributed by atoms with van der Waals surface area (Å²) in [5.74, 6) is 0. The van der Waals surface area contributed by atoms with Gasteiger partial charge < -0.3 is 5.32 Å². The van der Waals surface area contributed by atoms with E-state index in [0.29, 0.717) is 12.1 Å². The summed E-state index contributed by atoms with van der Waals surface area (Å²) in [6.07, 6.45) is 5.37. The van der Waals surface area contributed by atoms with Gasteiger partial charge in [0.05, 0.1) is 35.9 Å². The van der Waals surface area contributed by atoms with Crippen molar-refractivity contribution in [3.05, 3.63) is 58.7 Å². The maximum Gasteiger partial charge on any atom is 0.155 e. The molecule has 0 radical (unpaired) electrons. The minimum Gasteiger partial charge on any atom is -0.378 e. The maximum absolute atomic E-state index is 9.06. The summed E-state index contributed by atoms with van der Waals surface area (Å²) >= 11 is 3.35. The van der Waals surface area contributed by atoms with Gasteiger partial charge in [-0.05, 0) is 28.1 Å². The summed E-state index contributed by atoms with van der Waals surface area (Å²) in [6, 6.07) is 9.60. The molecule has 6 heteroatoms. The van der Waals surface area contributed by atoms with Crippen LogP contribution in [0, 0.1) is 11.3 Å². The number of hydrogen-bond acceptors (Lipinski definition) is 4. The van der Waals surface area contributed by atoms with Crippen LogP contribution < -0.4 is 5.32 Å². The first kappa shape index (κ1) is 12.6. The van der Waals surface area contributed by atoms with Gasteiger partial charge in [-0.3, -0.25) is 4.40 Å². The zero-order chi connectivity index (χ0) is 13.9. The third-order valence-electron chi connectivity index (χ3n) is 2.95. The lowest BCUT2D eigenvalue weighted by Crippen LogP contribution is -2.04. The molecule has 0 saturated carbocycles. The second-order valence-corrected chi connectivity index (χ2v) is 5.01. The molecule has 0 spiro atoms. The highest BCUT2D eigenvalue weighted by molar-refractivity contribution is 9.10. The molecule has 0 aliphatic carbocycles. The Bertz CT molecular complexity index is 803. The van der Waals surface area contributed by atoms with Gasteiger partial charge in [-0.25, -0.2) is 9.97 Å². The lowest BCUT2D eigenvalue weighted by atomic mass is 10.2. The number of nitrogens with zero attached hydrogens (tertiary/aromatic N) is 4. The number of fused-ring (bicyclic) bond motifs is 1. The van der Waals surface area contributed by atoms with E-state index in [0.717, 1.165) is 21.6 Å². The third kappa shape index (κ3) is 2.36. The Morgan fingerprint density at radius 3 is 2.95 bits per heavy atom. The van der Waals surface area contributed by atoms with Gasteiger partial charge in [-0.1, -0.05) is 12.1 Å². The Morgan fingerprint density at radius 1 is 1.25 bits per heavy atom. The van der Waals surface area contributed by atoms with Gasteiger partial charge >= 0.3 is 0 Å². The van der Waals surface area contributed by atoms with Crippen molar-refractivity contribution >= 4 is 27.3 Å². The monoisotopic (exact) mass is 327 g/mol. The molecule has 5 nitrogen and oxygen atoms in total. The molecule has 98 valence electrons. The molecule has 0 saturated heterocycles. The number of benzene rings is 1. The Hall–Kier alpha value is -2.39. The topological polar surface area (TPSA) is 66.0 Å². The van der Waals surface area contributed by atoms with Gasteiger partial charge in [0.1, 0.15) is 10.7 Å². The van der Waals surface area contributed by atoms with Crippen molar-refractivity contribution in [2.24, 2.45) is 0 Å². The van der Waals surface area contributed by atoms with E-state index in [2.05, 4.69) is 37.3 Å².